The van der Waals surface area contributed by atoms with Gasteiger partial charge in [-0.25, -0.2) is 0 Å². The fourth-order valence-corrected chi connectivity index (χ4v) is 2.87. The van der Waals surface area contributed by atoms with Crippen molar-refractivity contribution in [2.75, 3.05) is 11.9 Å². The maximum atomic E-state index is 12.0. The van der Waals surface area contributed by atoms with Crippen LogP contribution in [0.5, 0.6) is 5.75 Å². The SMILES string of the molecule is O=C(COc1ccc(-c2nnc(-c3ccccc3)o2)cc1)Nc1ccc(Br)cc1. The molecule has 0 atom stereocenters. The van der Waals surface area contributed by atoms with Gasteiger partial charge < -0.3 is 14.5 Å². The van der Waals surface area contributed by atoms with Gasteiger partial charge in [-0.3, -0.25) is 4.79 Å². The minimum atomic E-state index is -0.235. The van der Waals surface area contributed by atoms with E-state index in [4.69, 9.17) is 9.15 Å². The summed E-state index contributed by atoms with van der Waals surface area (Å²) in [7, 11) is 0. The molecule has 144 valence electrons. The second-order valence-corrected chi connectivity index (χ2v) is 7.06. The number of rotatable bonds is 6. The lowest BCUT2D eigenvalue weighted by Crippen LogP contribution is -2.20. The third-order valence-electron chi connectivity index (χ3n) is 4.04. The van der Waals surface area contributed by atoms with Gasteiger partial charge >= 0.3 is 0 Å². The molecule has 0 fully saturated rings. The van der Waals surface area contributed by atoms with E-state index in [2.05, 4.69) is 31.4 Å². The number of amides is 1. The van der Waals surface area contributed by atoms with E-state index in [0.717, 1.165) is 15.6 Å². The van der Waals surface area contributed by atoms with Crippen molar-refractivity contribution >= 4 is 27.5 Å². The van der Waals surface area contributed by atoms with E-state index in [-0.39, 0.29) is 12.5 Å². The highest BCUT2D eigenvalue weighted by atomic mass is 79.9. The molecule has 0 aliphatic rings. The van der Waals surface area contributed by atoms with E-state index in [1.165, 1.54) is 0 Å². The van der Waals surface area contributed by atoms with Gasteiger partial charge in [-0.05, 0) is 60.7 Å². The van der Waals surface area contributed by atoms with Crippen LogP contribution in [0.1, 0.15) is 0 Å². The number of benzene rings is 3. The maximum absolute atomic E-state index is 12.0. The summed E-state index contributed by atoms with van der Waals surface area (Å²) in [6, 6.07) is 24.1. The highest BCUT2D eigenvalue weighted by Crippen LogP contribution is 2.25. The first-order valence-corrected chi connectivity index (χ1v) is 9.64. The number of nitrogens with one attached hydrogen (secondary N) is 1. The number of ether oxygens (including phenoxy) is 1. The molecule has 0 saturated heterocycles. The summed E-state index contributed by atoms with van der Waals surface area (Å²) in [5.74, 6) is 1.22. The molecule has 1 amide bonds. The largest absolute Gasteiger partial charge is 0.484 e. The molecule has 7 heteroatoms. The molecule has 29 heavy (non-hydrogen) atoms. The highest BCUT2D eigenvalue weighted by Gasteiger charge is 2.10. The molecule has 0 spiro atoms. The van der Waals surface area contributed by atoms with Crippen LogP contribution in [0.15, 0.2) is 87.8 Å². The number of carbonyl (C=O) groups excluding carboxylic acids is 1. The monoisotopic (exact) mass is 449 g/mol. The zero-order valence-corrected chi connectivity index (χ0v) is 16.8. The lowest BCUT2D eigenvalue weighted by atomic mass is 10.2. The number of hydrogen-bond donors (Lipinski definition) is 1. The number of anilines is 1. The molecule has 0 aliphatic carbocycles. The van der Waals surface area contributed by atoms with E-state index in [1.807, 2.05) is 66.7 Å². The Morgan fingerprint density at radius 2 is 1.48 bits per heavy atom. The average molecular weight is 450 g/mol. The van der Waals surface area contributed by atoms with Crippen LogP contribution in [0.3, 0.4) is 0 Å². The normalized spacial score (nSPS) is 10.5. The Bertz CT molecular complexity index is 1090. The van der Waals surface area contributed by atoms with Gasteiger partial charge in [-0.1, -0.05) is 34.1 Å². The van der Waals surface area contributed by atoms with Crippen molar-refractivity contribution in [3.05, 3.63) is 83.3 Å². The molecule has 0 saturated carbocycles. The van der Waals surface area contributed by atoms with Gasteiger partial charge in [0.15, 0.2) is 6.61 Å². The van der Waals surface area contributed by atoms with Crippen LogP contribution in [-0.2, 0) is 4.79 Å². The van der Waals surface area contributed by atoms with Crippen LogP contribution in [-0.4, -0.2) is 22.7 Å². The molecule has 6 nitrogen and oxygen atoms in total. The number of nitrogens with zero attached hydrogens (tertiary/aromatic N) is 2. The Morgan fingerprint density at radius 1 is 0.862 bits per heavy atom. The quantitative estimate of drug-likeness (QED) is 0.438. The topological polar surface area (TPSA) is 77.2 Å². The summed E-state index contributed by atoms with van der Waals surface area (Å²) >= 11 is 3.36. The molecule has 4 aromatic rings. The number of aromatic nitrogens is 2. The number of halogens is 1. The Hall–Kier alpha value is -3.45. The van der Waals surface area contributed by atoms with Crippen molar-refractivity contribution in [1.82, 2.24) is 10.2 Å². The molecule has 0 aliphatic heterocycles. The van der Waals surface area contributed by atoms with E-state index >= 15 is 0 Å². The van der Waals surface area contributed by atoms with Crippen LogP contribution in [0.25, 0.3) is 22.9 Å². The fourth-order valence-electron chi connectivity index (χ4n) is 2.61. The maximum Gasteiger partial charge on any atom is 0.262 e. The third-order valence-corrected chi connectivity index (χ3v) is 4.57. The predicted octanol–water partition coefficient (Wildman–Crippen LogP) is 5.18. The summed E-state index contributed by atoms with van der Waals surface area (Å²) in [5.41, 5.74) is 2.34. The Balaban J connectivity index is 1.35. The van der Waals surface area contributed by atoms with Gasteiger partial charge in [0.25, 0.3) is 5.91 Å². The zero-order chi connectivity index (χ0) is 20.1. The van der Waals surface area contributed by atoms with Crippen molar-refractivity contribution in [3.63, 3.8) is 0 Å². The van der Waals surface area contributed by atoms with Crippen LogP contribution < -0.4 is 10.1 Å². The highest BCUT2D eigenvalue weighted by molar-refractivity contribution is 9.10. The summed E-state index contributed by atoms with van der Waals surface area (Å²) < 4.78 is 12.2. The standard InChI is InChI=1S/C22H16BrN3O3/c23-17-8-10-18(11-9-17)24-20(27)14-28-19-12-6-16(7-13-19)22-26-25-21(29-22)15-4-2-1-3-5-15/h1-13H,14H2,(H,24,27). The lowest BCUT2D eigenvalue weighted by Gasteiger charge is -2.08. The second-order valence-electron chi connectivity index (χ2n) is 6.15. The van der Waals surface area contributed by atoms with Crippen LogP contribution in [0.2, 0.25) is 0 Å². The van der Waals surface area contributed by atoms with E-state index in [0.29, 0.717) is 23.2 Å². The van der Waals surface area contributed by atoms with Gasteiger partial charge in [0.05, 0.1) is 0 Å². The smallest absolute Gasteiger partial charge is 0.262 e. The summed E-state index contributed by atoms with van der Waals surface area (Å²) in [5, 5.41) is 11.0. The molecule has 0 bridgehead atoms. The van der Waals surface area contributed by atoms with E-state index in [1.54, 1.807) is 12.1 Å². The predicted molar refractivity (Wildman–Crippen MR) is 113 cm³/mol. The van der Waals surface area contributed by atoms with Gasteiger partial charge in [0.2, 0.25) is 11.8 Å². The average Bonchev–Trinajstić information content (AvgIpc) is 3.25. The van der Waals surface area contributed by atoms with Crippen molar-refractivity contribution < 1.29 is 13.9 Å². The molecule has 0 unspecified atom stereocenters. The van der Waals surface area contributed by atoms with Crippen molar-refractivity contribution in [1.29, 1.82) is 0 Å². The number of carbonyl (C=O) groups is 1. The number of hydrogen-bond acceptors (Lipinski definition) is 5. The Labute approximate surface area is 175 Å². The molecule has 4 rings (SSSR count). The molecule has 1 aromatic heterocycles. The lowest BCUT2D eigenvalue weighted by molar-refractivity contribution is -0.118. The van der Waals surface area contributed by atoms with Crippen LogP contribution >= 0.6 is 15.9 Å². The van der Waals surface area contributed by atoms with Gasteiger partial charge in [0, 0.05) is 21.3 Å². The first-order chi connectivity index (χ1) is 14.2. The van der Waals surface area contributed by atoms with E-state index in [9.17, 15) is 4.79 Å². The van der Waals surface area contributed by atoms with Gasteiger partial charge in [-0.15, -0.1) is 10.2 Å². The van der Waals surface area contributed by atoms with E-state index < -0.39 is 0 Å². The van der Waals surface area contributed by atoms with Crippen molar-refractivity contribution in [2.45, 2.75) is 0 Å². The first kappa shape index (κ1) is 18.9. The Kier molecular flexibility index (Phi) is 5.67. The minimum Gasteiger partial charge on any atom is -0.484 e. The van der Waals surface area contributed by atoms with Crippen molar-refractivity contribution in [3.8, 4) is 28.7 Å². The van der Waals surface area contributed by atoms with Gasteiger partial charge in [0.1, 0.15) is 5.75 Å². The molecule has 0 radical (unpaired) electrons. The van der Waals surface area contributed by atoms with Crippen LogP contribution in [0, 0.1) is 0 Å². The molecular weight excluding hydrogens is 434 g/mol. The van der Waals surface area contributed by atoms with Crippen LogP contribution in [0.4, 0.5) is 5.69 Å². The molecular formula is C22H16BrN3O3. The first-order valence-electron chi connectivity index (χ1n) is 8.85. The summed E-state index contributed by atoms with van der Waals surface area (Å²) in [6.07, 6.45) is 0. The molecule has 3 aromatic carbocycles. The summed E-state index contributed by atoms with van der Waals surface area (Å²) in [6.45, 7) is -0.0892. The minimum absolute atomic E-state index is 0.0892. The molecule has 1 heterocycles. The second kappa shape index (κ2) is 8.70. The summed E-state index contributed by atoms with van der Waals surface area (Å²) in [4.78, 5) is 12.0. The Morgan fingerprint density at radius 3 is 2.14 bits per heavy atom. The fraction of sp³-hybridized carbons (Fsp3) is 0.0455. The van der Waals surface area contributed by atoms with Crippen molar-refractivity contribution in [2.24, 2.45) is 0 Å². The van der Waals surface area contributed by atoms with Gasteiger partial charge in [-0.2, -0.15) is 0 Å². The molecule has 1 N–H and O–H groups in total. The zero-order valence-electron chi connectivity index (χ0n) is 15.2. The third kappa shape index (κ3) is 4.89.